The predicted octanol–water partition coefficient (Wildman–Crippen LogP) is 15.0. The van der Waals surface area contributed by atoms with Gasteiger partial charge in [0.25, 0.3) is 0 Å². The molecule has 0 aromatic heterocycles. The van der Waals surface area contributed by atoms with Gasteiger partial charge in [-0.25, -0.2) is 4.70 Å². The maximum Gasteiger partial charge on any atom is 0.211 e. The number of benzene rings is 2. The largest absolute Gasteiger partial charge is 0.493 e. The summed E-state index contributed by atoms with van der Waals surface area (Å²) >= 11 is 0. The molecule has 0 amide bonds. The highest BCUT2D eigenvalue weighted by atomic mass is 15.2. The molecule has 0 saturated carbocycles. The Balaban J connectivity index is 1.82. The van der Waals surface area contributed by atoms with Crippen LogP contribution in [0.25, 0.3) is 16.9 Å². The summed E-state index contributed by atoms with van der Waals surface area (Å²) in [5, 5.41) is 0. The predicted molar refractivity (Wildman–Crippen MR) is 207 cm³/mol. The quantitative estimate of drug-likeness (QED) is 0.0687. The summed E-state index contributed by atoms with van der Waals surface area (Å²) in [5.41, 5.74) is 22.0. The second-order valence-electron chi connectivity index (χ2n) is 14.4. The molecule has 47 heavy (non-hydrogen) atoms. The number of unbranched alkanes of at least 4 members (excludes halogenated alkanes) is 17. The first kappa shape index (κ1) is 39.0. The van der Waals surface area contributed by atoms with Gasteiger partial charge in [0.2, 0.25) is 11.4 Å². The fraction of sp³-hybridized carbons (Fsp3) is 0.644. The Bertz CT molecular complexity index is 1200. The van der Waals surface area contributed by atoms with Crippen molar-refractivity contribution in [1.82, 2.24) is 0 Å². The van der Waals surface area contributed by atoms with E-state index in [1.807, 2.05) is 0 Å². The Labute approximate surface area is 291 Å². The van der Waals surface area contributed by atoms with Gasteiger partial charge in [-0.1, -0.05) is 161 Å². The first-order valence-electron chi connectivity index (χ1n) is 20.3. The van der Waals surface area contributed by atoms with Crippen molar-refractivity contribution in [3.05, 3.63) is 87.5 Å². The fourth-order valence-electron chi connectivity index (χ4n) is 7.25. The van der Waals surface area contributed by atoms with E-state index in [9.17, 15) is 5.53 Å². The van der Waals surface area contributed by atoms with Gasteiger partial charge in [0.1, 0.15) is 0 Å². The lowest BCUT2D eigenvalue weighted by molar-refractivity contribution is -0.345. The van der Waals surface area contributed by atoms with Crippen LogP contribution >= 0.6 is 0 Å². The number of allylic oxidation sites excluding steroid dienone is 2. The average molecular weight is 639 g/mol. The van der Waals surface area contributed by atoms with E-state index in [0.717, 1.165) is 48.2 Å². The number of aryl methyl sites for hydroxylation is 2. The Kier molecular flexibility index (Phi) is 19.7. The molecule has 1 heterocycles. The van der Waals surface area contributed by atoms with Gasteiger partial charge < -0.3 is 5.53 Å². The van der Waals surface area contributed by atoms with Crippen LogP contribution in [0.3, 0.4) is 0 Å². The average Bonchev–Trinajstić information content (AvgIpc) is 3.37. The van der Waals surface area contributed by atoms with E-state index in [4.69, 9.17) is 0 Å². The third kappa shape index (κ3) is 13.5. The fourth-order valence-corrected chi connectivity index (χ4v) is 7.25. The molecule has 0 unspecified atom stereocenters. The van der Waals surface area contributed by atoms with E-state index in [-0.39, 0.29) is 0 Å². The van der Waals surface area contributed by atoms with E-state index in [0.29, 0.717) is 0 Å². The summed E-state index contributed by atoms with van der Waals surface area (Å²) in [4.78, 5) is 0. The van der Waals surface area contributed by atoms with Gasteiger partial charge in [-0.3, -0.25) is 0 Å². The minimum atomic E-state index is 1.03. The summed E-state index contributed by atoms with van der Waals surface area (Å²) in [6, 6.07) is 18.2. The van der Waals surface area contributed by atoms with Crippen LogP contribution < -0.4 is 0 Å². The second kappa shape index (κ2) is 23.8. The van der Waals surface area contributed by atoms with Crippen LogP contribution in [0, 0.1) is 0 Å². The van der Waals surface area contributed by atoms with Crippen LogP contribution in [0.5, 0.6) is 0 Å². The molecule has 2 aromatic carbocycles. The van der Waals surface area contributed by atoms with Crippen molar-refractivity contribution < 1.29 is 4.70 Å². The Morgan fingerprint density at radius 1 is 0.362 bits per heavy atom. The Hall–Kier alpha value is -2.48. The molecule has 0 N–H and O–H groups in total. The van der Waals surface area contributed by atoms with Crippen LogP contribution in [0.4, 0.5) is 0 Å². The molecule has 0 aliphatic carbocycles. The Morgan fingerprint density at radius 2 is 0.660 bits per heavy atom. The summed E-state index contributed by atoms with van der Waals surface area (Å²) in [7, 11) is 0. The van der Waals surface area contributed by atoms with E-state index < -0.39 is 0 Å². The van der Waals surface area contributed by atoms with Crippen LogP contribution in [-0.4, -0.2) is 4.70 Å². The molecule has 260 valence electrons. The molecular formula is C45H70N2. The summed E-state index contributed by atoms with van der Waals surface area (Å²) in [5.74, 6) is 0. The molecule has 1 aliphatic rings. The highest BCUT2D eigenvalue weighted by molar-refractivity contribution is 5.82. The monoisotopic (exact) mass is 639 g/mol. The smallest absolute Gasteiger partial charge is 0.211 e. The van der Waals surface area contributed by atoms with Gasteiger partial charge in [0.15, 0.2) is 0 Å². The van der Waals surface area contributed by atoms with Crippen molar-refractivity contribution in [1.29, 1.82) is 0 Å². The number of hydrogen-bond acceptors (Lipinski definition) is 0. The van der Waals surface area contributed by atoms with E-state index >= 15 is 0 Å². The van der Waals surface area contributed by atoms with Crippen molar-refractivity contribution in [3.8, 4) is 0 Å². The SMILES string of the molecule is CCCCCCCCCCCCCC1=C(c2ccc(CCCC)cc2)[N+](=[N-])C(c2ccc(CCCC)cc2)=C1CCCCCCCC. The first-order chi connectivity index (χ1) is 23.1. The molecule has 1 aliphatic heterocycles. The lowest BCUT2D eigenvalue weighted by atomic mass is 9.91. The zero-order valence-corrected chi connectivity index (χ0v) is 31.2. The molecular weight excluding hydrogens is 569 g/mol. The lowest BCUT2D eigenvalue weighted by Gasteiger charge is -2.11. The molecule has 0 bridgehead atoms. The number of nitrogens with zero attached hydrogens (tertiary/aromatic N) is 2. The summed E-state index contributed by atoms with van der Waals surface area (Å²) < 4.78 is 1.59. The molecule has 2 heteroatoms. The van der Waals surface area contributed by atoms with Crippen LogP contribution in [0.15, 0.2) is 59.7 Å². The number of rotatable bonds is 27. The molecule has 0 fully saturated rings. The topological polar surface area (TPSA) is 25.3 Å². The Morgan fingerprint density at radius 3 is 0.979 bits per heavy atom. The highest BCUT2D eigenvalue weighted by Gasteiger charge is 2.35. The van der Waals surface area contributed by atoms with Gasteiger partial charge in [-0.05, 0) is 86.8 Å². The van der Waals surface area contributed by atoms with Crippen LogP contribution in [0.1, 0.15) is 198 Å². The molecule has 2 nitrogen and oxygen atoms in total. The van der Waals surface area contributed by atoms with Gasteiger partial charge in [0.05, 0.1) is 0 Å². The van der Waals surface area contributed by atoms with Gasteiger partial charge >= 0.3 is 0 Å². The van der Waals surface area contributed by atoms with E-state index in [1.165, 1.54) is 157 Å². The normalized spacial score (nSPS) is 13.4. The van der Waals surface area contributed by atoms with E-state index in [2.05, 4.69) is 76.2 Å². The van der Waals surface area contributed by atoms with Crippen molar-refractivity contribution in [2.24, 2.45) is 0 Å². The molecule has 2 aromatic rings. The van der Waals surface area contributed by atoms with E-state index in [1.54, 1.807) is 4.70 Å². The van der Waals surface area contributed by atoms with Crippen LogP contribution in [-0.2, 0) is 12.8 Å². The molecule has 0 radical (unpaired) electrons. The van der Waals surface area contributed by atoms with Crippen LogP contribution in [0.2, 0.25) is 0 Å². The van der Waals surface area contributed by atoms with Gasteiger partial charge in [-0.15, -0.1) is 0 Å². The molecule has 0 saturated heterocycles. The molecule has 0 spiro atoms. The first-order valence-corrected chi connectivity index (χ1v) is 20.3. The van der Waals surface area contributed by atoms with Crippen molar-refractivity contribution in [2.45, 2.75) is 188 Å². The summed E-state index contributed by atoms with van der Waals surface area (Å²) in [6.07, 6.45) is 31.9. The maximum atomic E-state index is 12.1. The standard InChI is InChI=1S/C45H70N2/c1-5-9-13-15-17-18-19-20-21-23-25-29-43-42(28-24-22-16-14-10-6-2)44(40-34-30-38(31-35-40)26-11-7-3)47(46)45(43)41-36-32-39(33-37-41)27-12-8-4/h30-37H,5-29H2,1-4H3. The minimum absolute atomic E-state index is 1.03. The number of hydrogen-bond donors (Lipinski definition) is 0. The van der Waals surface area contributed by atoms with Crippen molar-refractivity contribution in [2.75, 3.05) is 0 Å². The third-order valence-corrected chi connectivity index (χ3v) is 10.3. The zero-order chi connectivity index (χ0) is 33.5. The lowest BCUT2D eigenvalue weighted by Crippen LogP contribution is -2.03. The maximum absolute atomic E-state index is 12.1. The zero-order valence-electron chi connectivity index (χ0n) is 31.2. The van der Waals surface area contributed by atoms with Crippen molar-refractivity contribution in [3.63, 3.8) is 0 Å². The highest BCUT2D eigenvalue weighted by Crippen LogP contribution is 2.44. The van der Waals surface area contributed by atoms with Gasteiger partial charge in [0, 0.05) is 22.3 Å². The second-order valence-corrected chi connectivity index (χ2v) is 14.4. The summed E-state index contributed by atoms with van der Waals surface area (Å²) in [6.45, 7) is 9.11. The third-order valence-electron chi connectivity index (χ3n) is 10.3. The molecule has 0 atom stereocenters. The van der Waals surface area contributed by atoms with Crippen molar-refractivity contribution >= 4 is 11.4 Å². The minimum Gasteiger partial charge on any atom is -0.493 e. The molecule has 3 rings (SSSR count). The van der Waals surface area contributed by atoms with Gasteiger partial charge in [-0.2, -0.15) is 0 Å².